The van der Waals surface area contributed by atoms with Crippen molar-refractivity contribution in [2.75, 3.05) is 11.6 Å². The van der Waals surface area contributed by atoms with Crippen LogP contribution in [0.4, 0.5) is 5.69 Å². The minimum Gasteiger partial charge on any atom is -0.382 e. The third-order valence-electron chi connectivity index (χ3n) is 2.57. The lowest BCUT2D eigenvalue weighted by Crippen LogP contribution is -2.26. The van der Waals surface area contributed by atoms with Gasteiger partial charge in [0, 0.05) is 16.6 Å². The molecule has 70 valence electrons. The SMILES string of the molecule is CSc1ccc(NC2CCC2)cc1. The molecule has 1 aromatic rings. The van der Waals surface area contributed by atoms with Crippen LogP contribution in [-0.2, 0) is 0 Å². The molecule has 0 radical (unpaired) electrons. The first-order valence-corrected chi connectivity index (χ1v) is 6.01. The first-order valence-electron chi connectivity index (χ1n) is 4.79. The maximum Gasteiger partial charge on any atom is 0.0343 e. The van der Waals surface area contributed by atoms with E-state index in [0.29, 0.717) is 0 Å². The van der Waals surface area contributed by atoms with E-state index in [2.05, 4.69) is 35.8 Å². The zero-order chi connectivity index (χ0) is 9.10. The highest BCUT2D eigenvalue weighted by Crippen LogP contribution is 2.24. The second-order valence-corrected chi connectivity index (χ2v) is 4.38. The number of anilines is 1. The Morgan fingerprint density at radius 2 is 1.92 bits per heavy atom. The van der Waals surface area contributed by atoms with Crippen LogP contribution in [0.25, 0.3) is 0 Å². The van der Waals surface area contributed by atoms with Crippen molar-refractivity contribution >= 4 is 17.4 Å². The fraction of sp³-hybridized carbons (Fsp3) is 0.455. The van der Waals surface area contributed by atoms with Crippen LogP contribution in [0, 0.1) is 0 Å². The predicted molar refractivity (Wildman–Crippen MR) is 59.5 cm³/mol. The fourth-order valence-electron chi connectivity index (χ4n) is 1.48. The van der Waals surface area contributed by atoms with Gasteiger partial charge >= 0.3 is 0 Å². The lowest BCUT2D eigenvalue weighted by atomic mass is 9.93. The highest BCUT2D eigenvalue weighted by molar-refractivity contribution is 7.98. The summed E-state index contributed by atoms with van der Waals surface area (Å²) in [7, 11) is 0. The highest BCUT2D eigenvalue weighted by Gasteiger charge is 2.16. The molecule has 1 saturated carbocycles. The van der Waals surface area contributed by atoms with Crippen LogP contribution < -0.4 is 5.32 Å². The second kappa shape index (κ2) is 4.05. The van der Waals surface area contributed by atoms with E-state index in [1.54, 1.807) is 11.8 Å². The number of nitrogens with one attached hydrogen (secondary N) is 1. The molecule has 2 heteroatoms. The molecule has 0 aromatic heterocycles. The van der Waals surface area contributed by atoms with Crippen LogP contribution in [0.2, 0.25) is 0 Å². The number of thioether (sulfide) groups is 1. The van der Waals surface area contributed by atoms with Crippen LogP contribution in [0.3, 0.4) is 0 Å². The Morgan fingerprint density at radius 3 is 2.38 bits per heavy atom. The summed E-state index contributed by atoms with van der Waals surface area (Å²) in [5, 5.41) is 3.52. The normalized spacial score (nSPS) is 16.7. The summed E-state index contributed by atoms with van der Waals surface area (Å²) in [5.41, 5.74) is 1.27. The van der Waals surface area contributed by atoms with Gasteiger partial charge in [0.15, 0.2) is 0 Å². The quantitative estimate of drug-likeness (QED) is 0.739. The Kier molecular flexibility index (Phi) is 2.79. The van der Waals surface area contributed by atoms with Gasteiger partial charge in [0.05, 0.1) is 0 Å². The van der Waals surface area contributed by atoms with E-state index < -0.39 is 0 Å². The van der Waals surface area contributed by atoms with Gasteiger partial charge in [-0.2, -0.15) is 0 Å². The van der Waals surface area contributed by atoms with Crippen LogP contribution in [0.1, 0.15) is 19.3 Å². The van der Waals surface area contributed by atoms with Gasteiger partial charge in [-0.05, 0) is 49.8 Å². The van der Waals surface area contributed by atoms with Crippen molar-refractivity contribution in [3.8, 4) is 0 Å². The molecule has 0 aliphatic heterocycles. The molecular weight excluding hydrogens is 178 g/mol. The molecule has 0 amide bonds. The standard InChI is InChI=1S/C11H15NS/c1-13-11-7-5-10(6-8-11)12-9-3-2-4-9/h5-9,12H,2-4H2,1H3. The van der Waals surface area contributed by atoms with Gasteiger partial charge in [0.25, 0.3) is 0 Å². The van der Waals surface area contributed by atoms with E-state index in [4.69, 9.17) is 0 Å². The average Bonchev–Trinajstić information content (AvgIpc) is 2.12. The zero-order valence-electron chi connectivity index (χ0n) is 7.92. The summed E-state index contributed by atoms with van der Waals surface area (Å²) in [6.07, 6.45) is 6.17. The van der Waals surface area contributed by atoms with E-state index >= 15 is 0 Å². The van der Waals surface area contributed by atoms with Crippen molar-refractivity contribution in [1.82, 2.24) is 0 Å². The summed E-state index contributed by atoms with van der Waals surface area (Å²) >= 11 is 1.79. The number of rotatable bonds is 3. The summed E-state index contributed by atoms with van der Waals surface area (Å²) in [6.45, 7) is 0. The lowest BCUT2D eigenvalue weighted by Gasteiger charge is -2.27. The van der Waals surface area contributed by atoms with Gasteiger partial charge in [-0.25, -0.2) is 0 Å². The van der Waals surface area contributed by atoms with Crippen LogP contribution in [-0.4, -0.2) is 12.3 Å². The van der Waals surface area contributed by atoms with Crippen LogP contribution in [0.15, 0.2) is 29.2 Å². The number of hydrogen-bond donors (Lipinski definition) is 1. The molecule has 1 fully saturated rings. The molecule has 0 unspecified atom stereocenters. The van der Waals surface area contributed by atoms with Gasteiger partial charge in [0.1, 0.15) is 0 Å². The highest BCUT2D eigenvalue weighted by atomic mass is 32.2. The molecule has 1 aliphatic carbocycles. The topological polar surface area (TPSA) is 12.0 Å². The Balaban J connectivity index is 1.96. The van der Waals surface area contributed by atoms with Crippen LogP contribution >= 0.6 is 11.8 Å². The summed E-state index contributed by atoms with van der Waals surface area (Å²) in [4.78, 5) is 1.33. The maximum absolute atomic E-state index is 3.52. The Labute approximate surface area is 83.9 Å². The third kappa shape index (κ3) is 2.19. The summed E-state index contributed by atoms with van der Waals surface area (Å²) in [5.74, 6) is 0. The summed E-state index contributed by atoms with van der Waals surface area (Å²) in [6, 6.07) is 9.42. The summed E-state index contributed by atoms with van der Waals surface area (Å²) < 4.78 is 0. The lowest BCUT2D eigenvalue weighted by molar-refractivity contribution is 0.445. The van der Waals surface area contributed by atoms with Crippen molar-refractivity contribution in [2.45, 2.75) is 30.2 Å². The van der Waals surface area contributed by atoms with E-state index in [0.717, 1.165) is 6.04 Å². The van der Waals surface area contributed by atoms with E-state index in [1.807, 2.05) is 0 Å². The predicted octanol–water partition coefficient (Wildman–Crippen LogP) is 3.37. The molecular formula is C11H15NS. The van der Waals surface area contributed by atoms with Crippen molar-refractivity contribution in [3.63, 3.8) is 0 Å². The molecule has 1 aromatic carbocycles. The Hall–Kier alpha value is -0.630. The number of benzene rings is 1. The Bertz CT molecular complexity index is 264. The minimum absolute atomic E-state index is 0.736. The van der Waals surface area contributed by atoms with Crippen LogP contribution in [0.5, 0.6) is 0 Å². The smallest absolute Gasteiger partial charge is 0.0343 e. The van der Waals surface area contributed by atoms with Crippen molar-refractivity contribution in [1.29, 1.82) is 0 Å². The third-order valence-corrected chi connectivity index (χ3v) is 3.31. The van der Waals surface area contributed by atoms with Gasteiger partial charge in [-0.3, -0.25) is 0 Å². The first-order chi connectivity index (χ1) is 6.38. The van der Waals surface area contributed by atoms with E-state index in [-0.39, 0.29) is 0 Å². The molecule has 1 aliphatic rings. The van der Waals surface area contributed by atoms with Crippen molar-refractivity contribution < 1.29 is 0 Å². The molecule has 0 atom stereocenters. The molecule has 1 N–H and O–H groups in total. The van der Waals surface area contributed by atoms with Crippen molar-refractivity contribution in [2.24, 2.45) is 0 Å². The molecule has 2 rings (SSSR count). The Morgan fingerprint density at radius 1 is 1.23 bits per heavy atom. The van der Waals surface area contributed by atoms with E-state index in [9.17, 15) is 0 Å². The van der Waals surface area contributed by atoms with Gasteiger partial charge in [-0.1, -0.05) is 0 Å². The fourth-order valence-corrected chi connectivity index (χ4v) is 1.88. The van der Waals surface area contributed by atoms with Gasteiger partial charge in [0.2, 0.25) is 0 Å². The molecule has 0 heterocycles. The zero-order valence-corrected chi connectivity index (χ0v) is 8.73. The maximum atomic E-state index is 3.52. The molecule has 13 heavy (non-hydrogen) atoms. The van der Waals surface area contributed by atoms with Gasteiger partial charge in [-0.15, -0.1) is 11.8 Å². The minimum atomic E-state index is 0.736. The first kappa shape index (κ1) is 8.95. The second-order valence-electron chi connectivity index (χ2n) is 3.50. The molecule has 0 bridgehead atoms. The number of hydrogen-bond acceptors (Lipinski definition) is 2. The van der Waals surface area contributed by atoms with Crippen molar-refractivity contribution in [3.05, 3.63) is 24.3 Å². The largest absolute Gasteiger partial charge is 0.382 e. The van der Waals surface area contributed by atoms with Gasteiger partial charge < -0.3 is 5.32 Å². The molecule has 1 nitrogen and oxygen atoms in total. The molecule has 0 spiro atoms. The van der Waals surface area contributed by atoms with E-state index in [1.165, 1.54) is 29.8 Å². The molecule has 0 saturated heterocycles. The monoisotopic (exact) mass is 193 g/mol. The average molecular weight is 193 g/mol.